The molecule has 1 aliphatic rings. The molecule has 0 unspecified atom stereocenters. The Morgan fingerprint density at radius 2 is 1.65 bits per heavy atom. The van der Waals surface area contributed by atoms with Gasteiger partial charge < -0.3 is 25.5 Å². The number of amides is 4. The zero-order chi connectivity index (χ0) is 35.1. The first-order valence-electron chi connectivity index (χ1n) is 17.0. The maximum atomic E-state index is 14.5. The number of fused-ring (bicyclic) bond motifs is 1. The average Bonchev–Trinajstić information content (AvgIpc) is 3.50. The Morgan fingerprint density at radius 3 is 2.35 bits per heavy atom. The fourth-order valence-corrected chi connectivity index (χ4v) is 6.31. The third-order valence-electron chi connectivity index (χ3n) is 9.01. The molecule has 0 radical (unpaired) electrons. The number of unbranched alkanes of at least 4 members (excludes halogenated alkanes) is 2. The second kappa shape index (κ2) is 16.2. The van der Waals surface area contributed by atoms with E-state index < -0.39 is 12.1 Å². The maximum Gasteiger partial charge on any atom is 0.323 e. The molecule has 0 saturated carbocycles. The number of nitrogens with one attached hydrogen (secondary N) is 2. The van der Waals surface area contributed by atoms with Gasteiger partial charge in [0.2, 0.25) is 0 Å². The van der Waals surface area contributed by atoms with Crippen LogP contribution in [-0.2, 0) is 13.0 Å². The number of aliphatic hydroxyl groups is 1. The number of carbonyl (C=O) groups excluding carboxylic acids is 3. The summed E-state index contributed by atoms with van der Waals surface area (Å²) in [6, 6.07) is 19.0. The largest absolute Gasteiger partial charge is 0.394 e. The number of urea groups is 1. The van der Waals surface area contributed by atoms with Gasteiger partial charge in [-0.15, -0.1) is 0 Å². The standard InChI is InChI=1S/C38H45ClN6O4/c1-5-7-18-43(19-8-6-2)37(48)34-20-25(3)45(42-34)35-17-16-29(40-38(49)41-33-15-11-14-32(39)26(33)4)22-31(35)36(47)44-23-28-13-10-9-12-27(28)21-30(44)24-46/h9-17,20,22,30,46H,5-8,18-19,21,23-24H2,1-4H3,(H2,40,41,49)/t30-/m0/s1. The number of aryl methyl sites for hydroxylation is 1. The molecule has 10 nitrogen and oxygen atoms in total. The Labute approximate surface area is 293 Å². The lowest BCUT2D eigenvalue weighted by molar-refractivity contribution is 0.0544. The number of anilines is 2. The summed E-state index contributed by atoms with van der Waals surface area (Å²) in [4.78, 5) is 44.8. The number of carbonyl (C=O) groups is 3. The van der Waals surface area contributed by atoms with Gasteiger partial charge >= 0.3 is 6.03 Å². The molecule has 0 bridgehead atoms. The maximum absolute atomic E-state index is 14.5. The molecule has 4 aromatic rings. The highest BCUT2D eigenvalue weighted by Crippen LogP contribution is 2.29. The monoisotopic (exact) mass is 684 g/mol. The average molecular weight is 685 g/mol. The summed E-state index contributed by atoms with van der Waals surface area (Å²) in [5.41, 5.74) is 5.50. The Morgan fingerprint density at radius 1 is 0.939 bits per heavy atom. The molecule has 4 amide bonds. The molecule has 3 aromatic carbocycles. The van der Waals surface area contributed by atoms with E-state index >= 15 is 0 Å². The number of hydrogen-bond acceptors (Lipinski definition) is 5. The zero-order valence-electron chi connectivity index (χ0n) is 28.6. The van der Waals surface area contributed by atoms with Crippen molar-refractivity contribution in [1.29, 1.82) is 0 Å². The fourth-order valence-electron chi connectivity index (χ4n) is 6.14. The predicted octanol–water partition coefficient (Wildman–Crippen LogP) is 7.39. The molecule has 11 heteroatoms. The first-order valence-corrected chi connectivity index (χ1v) is 17.3. The van der Waals surface area contributed by atoms with Gasteiger partial charge in [0.05, 0.1) is 23.9 Å². The molecule has 258 valence electrons. The fraction of sp³-hybridized carbons (Fsp3) is 0.368. The van der Waals surface area contributed by atoms with Crippen molar-refractivity contribution in [2.45, 2.75) is 72.4 Å². The Kier molecular flexibility index (Phi) is 11.7. The third-order valence-corrected chi connectivity index (χ3v) is 9.42. The molecule has 1 aromatic heterocycles. The minimum absolute atomic E-state index is 0.143. The van der Waals surface area contributed by atoms with Crippen LogP contribution in [0, 0.1) is 13.8 Å². The highest BCUT2D eigenvalue weighted by Gasteiger charge is 2.32. The number of hydrogen-bond donors (Lipinski definition) is 3. The van der Waals surface area contributed by atoms with E-state index in [1.807, 2.05) is 43.0 Å². The summed E-state index contributed by atoms with van der Waals surface area (Å²) in [6.07, 6.45) is 4.26. The lowest BCUT2D eigenvalue weighted by Gasteiger charge is -2.36. The highest BCUT2D eigenvalue weighted by atomic mass is 35.5. The molecule has 1 atom stereocenters. The van der Waals surface area contributed by atoms with Gasteiger partial charge in [-0.25, -0.2) is 9.48 Å². The molecule has 0 fully saturated rings. The molecular formula is C38H45ClN6O4. The van der Waals surface area contributed by atoms with Crippen LogP contribution in [0.4, 0.5) is 16.2 Å². The third kappa shape index (κ3) is 8.14. The molecular weight excluding hydrogens is 640 g/mol. The van der Waals surface area contributed by atoms with Crippen molar-refractivity contribution in [2.75, 3.05) is 30.3 Å². The van der Waals surface area contributed by atoms with Crippen molar-refractivity contribution in [1.82, 2.24) is 19.6 Å². The second-order valence-electron chi connectivity index (χ2n) is 12.5. The molecule has 0 spiro atoms. The normalized spacial score (nSPS) is 13.9. The van der Waals surface area contributed by atoms with E-state index in [1.165, 1.54) is 0 Å². The summed E-state index contributed by atoms with van der Waals surface area (Å²) < 4.78 is 1.61. The topological polar surface area (TPSA) is 120 Å². The van der Waals surface area contributed by atoms with Crippen molar-refractivity contribution in [3.8, 4) is 5.69 Å². The molecule has 1 aliphatic heterocycles. The summed E-state index contributed by atoms with van der Waals surface area (Å²) in [5.74, 6) is -0.468. The van der Waals surface area contributed by atoms with Crippen LogP contribution in [0.2, 0.25) is 5.02 Å². The first kappa shape index (κ1) is 35.6. The zero-order valence-corrected chi connectivity index (χ0v) is 29.4. The smallest absolute Gasteiger partial charge is 0.323 e. The van der Waals surface area contributed by atoms with Gasteiger partial charge in [-0.1, -0.05) is 68.6 Å². The summed E-state index contributed by atoms with van der Waals surface area (Å²) in [6.45, 7) is 9.28. The minimum Gasteiger partial charge on any atom is -0.394 e. The number of nitrogens with zero attached hydrogens (tertiary/aromatic N) is 4. The SMILES string of the molecule is CCCCN(CCCC)C(=O)c1cc(C)n(-c2ccc(NC(=O)Nc3cccc(Cl)c3C)cc2C(=O)N2Cc3ccccc3C[C@H]2CO)n1. The van der Waals surface area contributed by atoms with Gasteiger partial charge in [0.15, 0.2) is 5.69 Å². The molecule has 5 rings (SSSR count). The Hall–Kier alpha value is -4.67. The van der Waals surface area contributed by atoms with Crippen molar-refractivity contribution in [3.63, 3.8) is 0 Å². The number of aliphatic hydroxyl groups excluding tert-OH is 1. The molecule has 0 saturated heterocycles. The molecule has 49 heavy (non-hydrogen) atoms. The van der Waals surface area contributed by atoms with Gasteiger partial charge in [-0.2, -0.15) is 5.10 Å². The lowest BCUT2D eigenvalue weighted by Crippen LogP contribution is -2.46. The van der Waals surface area contributed by atoms with Crippen LogP contribution in [0.5, 0.6) is 0 Å². The predicted molar refractivity (Wildman–Crippen MR) is 194 cm³/mol. The number of benzene rings is 3. The minimum atomic E-state index is -0.501. The van der Waals surface area contributed by atoms with Crippen LogP contribution < -0.4 is 10.6 Å². The second-order valence-corrected chi connectivity index (χ2v) is 13.0. The van der Waals surface area contributed by atoms with Crippen molar-refractivity contribution in [2.24, 2.45) is 0 Å². The number of rotatable bonds is 12. The number of aromatic nitrogens is 2. The molecule has 2 heterocycles. The van der Waals surface area contributed by atoms with Crippen LogP contribution in [0.15, 0.2) is 66.7 Å². The summed E-state index contributed by atoms with van der Waals surface area (Å²) in [5, 5.41) is 21.3. The summed E-state index contributed by atoms with van der Waals surface area (Å²) >= 11 is 6.25. The van der Waals surface area contributed by atoms with Crippen LogP contribution in [0.1, 0.15) is 82.8 Å². The van der Waals surface area contributed by atoms with Crippen molar-refractivity contribution in [3.05, 3.63) is 105 Å². The van der Waals surface area contributed by atoms with E-state index in [0.29, 0.717) is 59.5 Å². The van der Waals surface area contributed by atoms with E-state index in [9.17, 15) is 19.5 Å². The van der Waals surface area contributed by atoms with Crippen molar-refractivity contribution >= 4 is 40.8 Å². The first-order chi connectivity index (χ1) is 23.6. The van der Waals surface area contributed by atoms with E-state index in [-0.39, 0.29) is 24.0 Å². The lowest BCUT2D eigenvalue weighted by atomic mass is 9.93. The van der Waals surface area contributed by atoms with Crippen molar-refractivity contribution < 1.29 is 19.5 Å². The van der Waals surface area contributed by atoms with Gasteiger partial charge in [0, 0.05) is 41.7 Å². The van der Waals surface area contributed by atoms with Gasteiger partial charge in [-0.05, 0) is 86.2 Å². The summed E-state index contributed by atoms with van der Waals surface area (Å²) in [7, 11) is 0. The van der Waals surface area contributed by atoms with E-state index in [0.717, 1.165) is 42.4 Å². The Bertz CT molecular complexity index is 1810. The molecule has 0 aliphatic carbocycles. The van der Waals surface area contributed by atoms with E-state index in [2.05, 4.69) is 24.5 Å². The van der Waals surface area contributed by atoms with E-state index in [1.54, 1.807) is 52.0 Å². The number of halogens is 1. The molecule has 3 N–H and O–H groups in total. The van der Waals surface area contributed by atoms with Crippen LogP contribution >= 0.6 is 11.6 Å². The van der Waals surface area contributed by atoms with E-state index in [4.69, 9.17) is 16.7 Å². The van der Waals surface area contributed by atoms with Gasteiger partial charge in [0.25, 0.3) is 11.8 Å². The highest BCUT2D eigenvalue weighted by molar-refractivity contribution is 6.31. The van der Waals surface area contributed by atoms with Gasteiger partial charge in [-0.3, -0.25) is 9.59 Å². The van der Waals surface area contributed by atoms with Crippen LogP contribution in [0.3, 0.4) is 0 Å². The van der Waals surface area contributed by atoms with Crippen LogP contribution in [-0.4, -0.2) is 68.3 Å². The van der Waals surface area contributed by atoms with Crippen LogP contribution in [0.25, 0.3) is 5.69 Å². The van der Waals surface area contributed by atoms with Gasteiger partial charge in [0.1, 0.15) is 0 Å². The quantitative estimate of drug-likeness (QED) is 0.144. The Balaban J connectivity index is 1.52.